The van der Waals surface area contributed by atoms with Gasteiger partial charge in [-0.3, -0.25) is 4.79 Å². The predicted octanol–water partition coefficient (Wildman–Crippen LogP) is 2.16. The third-order valence-corrected chi connectivity index (χ3v) is 2.56. The summed E-state index contributed by atoms with van der Waals surface area (Å²) in [5.41, 5.74) is 1.26. The normalized spacial score (nSPS) is 10.0. The lowest BCUT2D eigenvalue weighted by Crippen LogP contribution is -2.30. The van der Waals surface area contributed by atoms with Crippen molar-refractivity contribution in [1.29, 1.82) is 0 Å². The van der Waals surface area contributed by atoms with Crippen molar-refractivity contribution in [3.8, 4) is 0 Å². The summed E-state index contributed by atoms with van der Waals surface area (Å²) >= 11 is 0. The minimum atomic E-state index is -0.872. The number of esters is 1. The maximum absolute atomic E-state index is 11.5. The first-order valence-corrected chi connectivity index (χ1v) is 6.32. The lowest BCUT2D eigenvalue weighted by atomic mass is 10.2. The van der Waals surface area contributed by atoms with Gasteiger partial charge in [-0.25, -0.2) is 4.79 Å². The first-order valence-electron chi connectivity index (χ1n) is 6.32. The highest BCUT2D eigenvalue weighted by atomic mass is 16.5. The van der Waals surface area contributed by atoms with Crippen LogP contribution in [0.3, 0.4) is 0 Å². The van der Waals surface area contributed by atoms with Gasteiger partial charge in [0.25, 0.3) is 0 Å². The van der Waals surface area contributed by atoms with Gasteiger partial charge >= 0.3 is 11.9 Å². The summed E-state index contributed by atoms with van der Waals surface area (Å²) in [7, 11) is 0. The molecule has 1 aromatic carbocycles. The fourth-order valence-corrected chi connectivity index (χ4v) is 1.76. The van der Waals surface area contributed by atoms with Gasteiger partial charge in [-0.15, -0.1) is 0 Å². The molecule has 0 spiro atoms. The van der Waals surface area contributed by atoms with Crippen LogP contribution >= 0.6 is 0 Å². The van der Waals surface area contributed by atoms with Gasteiger partial charge in [0.15, 0.2) is 0 Å². The summed E-state index contributed by atoms with van der Waals surface area (Å²) in [6.45, 7) is 4.68. The van der Waals surface area contributed by atoms with Crippen LogP contribution in [0, 0.1) is 0 Å². The van der Waals surface area contributed by atoms with Crippen LogP contribution in [0.5, 0.6) is 0 Å². The number of rotatable bonds is 7. The summed E-state index contributed by atoms with van der Waals surface area (Å²) in [5.74, 6) is -1.24. The third kappa shape index (κ3) is 4.62. The Morgan fingerprint density at radius 1 is 1.21 bits per heavy atom. The average Bonchev–Trinajstić information content (AvgIpc) is 2.38. The van der Waals surface area contributed by atoms with Crippen LogP contribution < -0.4 is 4.90 Å². The first-order chi connectivity index (χ1) is 9.08. The number of benzene rings is 1. The van der Waals surface area contributed by atoms with E-state index in [9.17, 15) is 9.59 Å². The topological polar surface area (TPSA) is 66.8 Å². The Balaban J connectivity index is 2.82. The molecule has 0 bridgehead atoms. The molecule has 0 saturated carbocycles. The Labute approximate surface area is 112 Å². The minimum Gasteiger partial charge on any atom is -0.480 e. The molecule has 0 radical (unpaired) electrons. The Kier molecular flexibility index (Phi) is 5.85. The minimum absolute atomic E-state index is 0.0490. The molecule has 1 aromatic rings. The van der Waals surface area contributed by atoms with Crippen molar-refractivity contribution in [3.63, 3.8) is 0 Å². The molecule has 5 heteroatoms. The van der Waals surface area contributed by atoms with Gasteiger partial charge in [-0.05, 0) is 37.6 Å². The predicted molar refractivity (Wildman–Crippen MR) is 72.5 cm³/mol. The smallest absolute Gasteiger partial charge is 0.338 e. The second kappa shape index (κ2) is 7.41. The van der Waals surface area contributed by atoms with Crippen molar-refractivity contribution in [1.82, 2.24) is 0 Å². The van der Waals surface area contributed by atoms with Crippen molar-refractivity contribution in [2.24, 2.45) is 0 Å². The highest BCUT2D eigenvalue weighted by Crippen LogP contribution is 2.16. The van der Waals surface area contributed by atoms with Crippen LogP contribution in [0.4, 0.5) is 5.69 Å². The number of hydrogen-bond acceptors (Lipinski definition) is 4. The maximum Gasteiger partial charge on any atom is 0.338 e. The highest BCUT2D eigenvalue weighted by Gasteiger charge is 2.11. The zero-order valence-corrected chi connectivity index (χ0v) is 11.3. The van der Waals surface area contributed by atoms with Crippen molar-refractivity contribution >= 4 is 17.6 Å². The fourth-order valence-electron chi connectivity index (χ4n) is 1.76. The molecular weight excluding hydrogens is 246 g/mol. The van der Waals surface area contributed by atoms with Gasteiger partial charge in [-0.2, -0.15) is 0 Å². The largest absolute Gasteiger partial charge is 0.480 e. The van der Waals surface area contributed by atoms with Gasteiger partial charge in [0.1, 0.15) is 6.54 Å². The Morgan fingerprint density at radius 3 is 2.32 bits per heavy atom. The number of anilines is 1. The quantitative estimate of drug-likeness (QED) is 0.765. The molecule has 0 aromatic heterocycles. The van der Waals surface area contributed by atoms with E-state index in [1.165, 1.54) is 0 Å². The maximum atomic E-state index is 11.5. The number of nitrogens with zero attached hydrogens (tertiary/aromatic N) is 1. The molecule has 0 saturated heterocycles. The lowest BCUT2D eigenvalue weighted by molar-refractivity contribution is -0.135. The number of aliphatic carboxylic acids is 1. The van der Waals surface area contributed by atoms with E-state index in [1.807, 2.05) is 6.92 Å². The second-order valence-electron chi connectivity index (χ2n) is 4.08. The molecule has 19 heavy (non-hydrogen) atoms. The van der Waals surface area contributed by atoms with Crippen LogP contribution in [0.15, 0.2) is 24.3 Å². The molecule has 1 rings (SSSR count). The lowest BCUT2D eigenvalue weighted by Gasteiger charge is -2.22. The van der Waals surface area contributed by atoms with Crippen molar-refractivity contribution in [2.45, 2.75) is 20.3 Å². The Hall–Kier alpha value is -2.04. The number of hydrogen-bond donors (Lipinski definition) is 1. The molecule has 0 atom stereocenters. The second-order valence-corrected chi connectivity index (χ2v) is 4.08. The van der Waals surface area contributed by atoms with Gasteiger partial charge in [0.2, 0.25) is 0 Å². The number of carbonyl (C=O) groups excluding carboxylic acids is 1. The summed E-state index contributed by atoms with van der Waals surface area (Å²) < 4.78 is 4.89. The van der Waals surface area contributed by atoms with Crippen LogP contribution in [-0.4, -0.2) is 36.7 Å². The Morgan fingerprint density at radius 2 is 1.84 bits per heavy atom. The van der Waals surface area contributed by atoms with Gasteiger partial charge in [0.05, 0.1) is 12.2 Å². The zero-order chi connectivity index (χ0) is 14.3. The van der Waals surface area contributed by atoms with E-state index in [4.69, 9.17) is 9.84 Å². The fraction of sp³-hybridized carbons (Fsp3) is 0.429. The molecule has 0 heterocycles. The molecular formula is C14H19NO4. The van der Waals surface area contributed by atoms with E-state index in [0.29, 0.717) is 18.7 Å². The van der Waals surface area contributed by atoms with E-state index in [2.05, 4.69) is 0 Å². The highest BCUT2D eigenvalue weighted by molar-refractivity contribution is 5.89. The van der Waals surface area contributed by atoms with E-state index >= 15 is 0 Å². The number of carboxylic acid groups (broad SMARTS) is 1. The van der Waals surface area contributed by atoms with Crippen LogP contribution in [-0.2, 0) is 9.53 Å². The van der Waals surface area contributed by atoms with Crippen LogP contribution in [0.2, 0.25) is 0 Å². The van der Waals surface area contributed by atoms with E-state index in [0.717, 1.165) is 12.1 Å². The molecule has 0 fully saturated rings. The standard InChI is InChI=1S/C14H19NO4/c1-3-9-15(10-13(16)17)12-7-5-11(6-8-12)14(18)19-4-2/h5-8H,3-4,9-10H2,1-2H3,(H,16,17). The summed E-state index contributed by atoms with van der Waals surface area (Å²) in [6, 6.07) is 6.78. The average molecular weight is 265 g/mol. The van der Waals surface area contributed by atoms with Crippen molar-refractivity contribution < 1.29 is 19.4 Å². The van der Waals surface area contributed by atoms with Crippen molar-refractivity contribution in [3.05, 3.63) is 29.8 Å². The van der Waals surface area contributed by atoms with E-state index in [-0.39, 0.29) is 12.5 Å². The molecule has 0 aliphatic rings. The number of carbonyl (C=O) groups is 2. The Bertz CT molecular complexity index is 428. The van der Waals surface area contributed by atoms with Crippen molar-refractivity contribution in [2.75, 3.05) is 24.6 Å². The molecule has 0 amide bonds. The SMILES string of the molecule is CCCN(CC(=O)O)c1ccc(C(=O)OCC)cc1. The number of carboxylic acids is 1. The molecule has 1 N–H and O–H groups in total. The van der Waals surface area contributed by atoms with Crippen LogP contribution in [0.25, 0.3) is 0 Å². The first kappa shape index (κ1) is 15.0. The van der Waals surface area contributed by atoms with Gasteiger partial charge in [-0.1, -0.05) is 6.92 Å². The third-order valence-electron chi connectivity index (χ3n) is 2.56. The monoisotopic (exact) mass is 265 g/mol. The summed E-state index contributed by atoms with van der Waals surface area (Å²) in [6.07, 6.45) is 0.854. The summed E-state index contributed by atoms with van der Waals surface area (Å²) in [4.78, 5) is 24.1. The molecule has 0 aliphatic carbocycles. The molecule has 0 unspecified atom stereocenters. The zero-order valence-electron chi connectivity index (χ0n) is 11.3. The molecule has 5 nitrogen and oxygen atoms in total. The van der Waals surface area contributed by atoms with Gasteiger partial charge < -0.3 is 14.7 Å². The van der Waals surface area contributed by atoms with E-state index < -0.39 is 5.97 Å². The summed E-state index contributed by atoms with van der Waals surface area (Å²) in [5, 5.41) is 8.87. The van der Waals surface area contributed by atoms with Gasteiger partial charge in [0, 0.05) is 12.2 Å². The molecule has 0 aliphatic heterocycles. The van der Waals surface area contributed by atoms with E-state index in [1.54, 1.807) is 36.1 Å². The number of ether oxygens (including phenoxy) is 1. The molecule has 104 valence electrons. The van der Waals surface area contributed by atoms with Crippen LogP contribution in [0.1, 0.15) is 30.6 Å².